The van der Waals surface area contributed by atoms with Gasteiger partial charge in [-0.05, 0) is 25.7 Å². The SMILES string of the molecule is COC1CC(C)[C@@H]2O[C@H](C)CCC2O1. The molecule has 82 valence electrons. The summed E-state index contributed by atoms with van der Waals surface area (Å²) in [6, 6.07) is 0. The zero-order valence-electron chi connectivity index (χ0n) is 9.23. The minimum Gasteiger partial charge on any atom is -0.372 e. The maximum Gasteiger partial charge on any atom is 0.158 e. The van der Waals surface area contributed by atoms with E-state index in [1.165, 1.54) is 0 Å². The van der Waals surface area contributed by atoms with Gasteiger partial charge in [-0.25, -0.2) is 0 Å². The highest BCUT2D eigenvalue weighted by Gasteiger charge is 2.40. The average Bonchev–Trinajstić information content (AvgIpc) is 2.19. The summed E-state index contributed by atoms with van der Waals surface area (Å²) in [5.41, 5.74) is 0. The first-order chi connectivity index (χ1) is 6.70. The monoisotopic (exact) mass is 200 g/mol. The molecule has 3 heteroatoms. The summed E-state index contributed by atoms with van der Waals surface area (Å²) < 4.78 is 17.0. The van der Waals surface area contributed by atoms with E-state index in [9.17, 15) is 0 Å². The Balaban J connectivity index is 2.00. The van der Waals surface area contributed by atoms with Crippen LogP contribution >= 0.6 is 0 Å². The summed E-state index contributed by atoms with van der Waals surface area (Å²) >= 11 is 0. The quantitative estimate of drug-likeness (QED) is 0.647. The summed E-state index contributed by atoms with van der Waals surface area (Å²) in [4.78, 5) is 0. The van der Waals surface area contributed by atoms with Crippen LogP contribution in [-0.2, 0) is 14.2 Å². The Kier molecular flexibility index (Phi) is 3.10. The molecule has 3 unspecified atom stereocenters. The molecular weight excluding hydrogens is 180 g/mol. The van der Waals surface area contributed by atoms with Gasteiger partial charge in [-0.1, -0.05) is 6.92 Å². The molecule has 3 nitrogen and oxygen atoms in total. The lowest BCUT2D eigenvalue weighted by molar-refractivity contribution is -0.260. The van der Waals surface area contributed by atoms with E-state index in [1.807, 2.05) is 0 Å². The topological polar surface area (TPSA) is 27.7 Å². The fourth-order valence-electron chi connectivity index (χ4n) is 2.47. The minimum absolute atomic E-state index is 0.0248. The van der Waals surface area contributed by atoms with Crippen LogP contribution in [0, 0.1) is 5.92 Å². The van der Waals surface area contributed by atoms with Crippen molar-refractivity contribution in [3.63, 3.8) is 0 Å². The van der Waals surface area contributed by atoms with Crippen molar-refractivity contribution in [3.8, 4) is 0 Å². The third-order valence-corrected chi connectivity index (χ3v) is 3.33. The normalized spacial score (nSPS) is 48.6. The molecule has 2 fully saturated rings. The van der Waals surface area contributed by atoms with Crippen molar-refractivity contribution in [1.82, 2.24) is 0 Å². The molecule has 2 aliphatic rings. The molecule has 0 aliphatic carbocycles. The Morgan fingerprint density at radius 2 is 1.93 bits per heavy atom. The number of fused-ring (bicyclic) bond motifs is 1. The summed E-state index contributed by atoms with van der Waals surface area (Å²) in [6.07, 6.45) is 4.06. The van der Waals surface area contributed by atoms with Crippen LogP contribution in [0.2, 0.25) is 0 Å². The zero-order chi connectivity index (χ0) is 10.1. The van der Waals surface area contributed by atoms with E-state index >= 15 is 0 Å². The second-order valence-corrected chi connectivity index (χ2v) is 4.54. The Labute approximate surface area is 85.7 Å². The lowest BCUT2D eigenvalue weighted by atomic mass is 9.88. The number of hydrogen-bond acceptors (Lipinski definition) is 3. The molecule has 14 heavy (non-hydrogen) atoms. The predicted molar refractivity (Wildman–Crippen MR) is 53.0 cm³/mol. The molecule has 0 N–H and O–H groups in total. The molecule has 0 aromatic rings. The van der Waals surface area contributed by atoms with Gasteiger partial charge in [-0.3, -0.25) is 0 Å². The van der Waals surface area contributed by atoms with Gasteiger partial charge >= 0.3 is 0 Å². The second kappa shape index (κ2) is 4.17. The van der Waals surface area contributed by atoms with E-state index in [1.54, 1.807) is 7.11 Å². The predicted octanol–water partition coefficient (Wildman–Crippen LogP) is 1.95. The van der Waals surface area contributed by atoms with Crippen LogP contribution < -0.4 is 0 Å². The molecule has 2 saturated heterocycles. The zero-order valence-corrected chi connectivity index (χ0v) is 9.23. The van der Waals surface area contributed by atoms with Crippen molar-refractivity contribution >= 4 is 0 Å². The molecular formula is C11H20O3. The summed E-state index contributed by atoms with van der Waals surface area (Å²) in [5.74, 6) is 0.543. The number of ether oxygens (including phenoxy) is 3. The standard InChI is InChI=1S/C11H20O3/c1-7-6-10(12-3)14-9-5-4-8(2)13-11(7)9/h7-11H,4-6H2,1-3H3/t7?,8-,9?,10?,11+/m1/s1. The highest BCUT2D eigenvalue weighted by Crippen LogP contribution is 2.34. The molecule has 0 saturated carbocycles. The van der Waals surface area contributed by atoms with Crippen LogP contribution in [0.1, 0.15) is 33.1 Å². The lowest BCUT2D eigenvalue weighted by Gasteiger charge is -2.44. The molecule has 0 radical (unpaired) electrons. The van der Waals surface area contributed by atoms with Crippen LogP contribution in [0.25, 0.3) is 0 Å². The molecule has 0 aromatic carbocycles. The summed E-state index contributed by atoms with van der Waals surface area (Å²) in [7, 11) is 1.71. The number of methoxy groups -OCH3 is 1. The first-order valence-corrected chi connectivity index (χ1v) is 5.54. The fraction of sp³-hybridized carbons (Fsp3) is 1.00. The maximum absolute atomic E-state index is 5.91. The van der Waals surface area contributed by atoms with E-state index in [0.717, 1.165) is 19.3 Å². The maximum atomic E-state index is 5.91. The van der Waals surface area contributed by atoms with Crippen LogP contribution in [0.4, 0.5) is 0 Å². The van der Waals surface area contributed by atoms with Gasteiger partial charge in [0.15, 0.2) is 6.29 Å². The van der Waals surface area contributed by atoms with Gasteiger partial charge in [0.2, 0.25) is 0 Å². The Bertz CT molecular complexity index is 195. The van der Waals surface area contributed by atoms with Gasteiger partial charge in [0.25, 0.3) is 0 Å². The highest BCUT2D eigenvalue weighted by molar-refractivity contribution is 4.86. The molecule has 0 spiro atoms. The van der Waals surface area contributed by atoms with E-state index in [-0.39, 0.29) is 18.5 Å². The Hall–Kier alpha value is -0.120. The average molecular weight is 200 g/mol. The molecule has 2 heterocycles. The molecule has 5 atom stereocenters. The van der Waals surface area contributed by atoms with Crippen molar-refractivity contribution < 1.29 is 14.2 Å². The summed E-state index contributed by atoms with van der Waals surface area (Å²) in [6.45, 7) is 4.37. The molecule has 0 bridgehead atoms. The first-order valence-electron chi connectivity index (χ1n) is 5.54. The van der Waals surface area contributed by atoms with Gasteiger partial charge < -0.3 is 14.2 Å². The van der Waals surface area contributed by atoms with Crippen molar-refractivity contribution in [2.24, 2.45) is 5.92 Å². The van der Waals surface area contributed by atoms with Crippen LogP contribution in [0.15, 0.2) is 0 Å². The third kappa shape index (κ3) is 1.95. The largest absolute Gasteiger partial charge is 0.372 e. The van der Waals surface area contributed by atoms with E-state index in [2.05, 4.69) is 13.8 Å². The summed E-state index contributed by atoms with van der Waals surface area (Å²) in [5, 5.41) is 0. The fourth-order valence-corrected chi connectivity index (χ4v) is 2.47. The van der Waals surface area contributed by atoms with Crippen molar-refractivity contribution in [1.29, 1.82) is 0 Å². The van der Waals surface area contributed by atoms with E-state index in [4.69, 9.17) is 14.2 Å². The molecule has 2 rings (SSSR count). The van der Waals surface area contributed by atoms with Gasteiger partial charge in [0.1, 0.15) is 0 Å². The molecule has 0 aromatic heterocycles. The van der Waals surface area contributed by atoms with Gasteiger partial charge in [-0.15, -0.1) is 0 Å². The van der Waals surface area contributed by atoms with E-state index in [0.29, 0.717) is 12.0 Å². The Morgan fingerprint density at radius 3 is 2.64 bits per heavy atom. The number of hydrogen-bond donors (Lipinski definition) is 0. The minimum atomic E-state index is -0.0248. The Morgan fingerprint density at radius 1 is 1.14 bits per heavy atom. The van der Waals surface area contributed by atoms with E-state index < -0.39 is 0 Å². The number of rotatable bonds is 1. The molecule has 2 aliphatic heterocycles. The highest BCUT2D eigenvalue weighted by atomic mass is 16.7. The van der Waals surface area contributed by atoms with Gasteiger partial charge in [-0.2, -0.15) is 0 Å². The van der Waals surface area contributed by atoms with Crippen molar-refractivity contribution in [2.75, 3.05) is 7.11 Å². The van der Waals surface area contributed by atoms with Crippen LogP contribution in [0.3, 0.4) is 0 Å². The van der Waals surface area contributed by atoms with Gasteiger partial charge in [0, 0.05) is 13.5 Å². The van der Waals surface area contributed by atoms with Crippen molar-refractivity contribution in [3.05, 3.63) is 0 Å². The van der Waals surface area contributed by atoms with Crippen LogP contribution in [0.5, 0.6) is 0 Å². The van der Waals surface area contributed by atoms with Crippen LogP contribution in [-0.4, -0.2) is 31.7 Å². The smallest absolute Gasteiger partial charge is 0.158 e. The molecule has 0 amide bonds. The van der Waals surface area contributed by atoms with Gasteiger partial charge in [0.05, 0.1) is 18.3 Å². The first kappa shape index (κ1) is 10.4. The third-order valence-electron chi connectivity index (χ3n) is 3.33. The lowest BCUT2D eigenvalue weighted by Crippen LogP contribution is -2.50. The second-order valence-electron chi connectivity index (χ2n) is 4.54. The van der Waals surface area contributed by atoms with Crippen molar-refractivity contribution in [2.45, 2.75) is 57.7 Å².